The molecule has 1 unspecified atom stereocenters. The number of anilines is 1. The highest BCUT2D eigenvalue weighted by molar-refractivity contribution is 7.99. The number of rotatable bonds is 5. The Morgan fingerprint density at radius 2 is 2.04 bits per heavy atom. The molecule has 1 fully saturated rings. The molecule has 5 heteroatoms. The number of benzene rings is 2. The fraction of sp³-hybridized carbons (Fsp3) is 0.381. The normalized spacial score (nSPS) is 17.2. The molecule has 0 saturated carbocycles. The van der Waals surface area contributed by atoms with E-state index in [9.17, 15) is 4.79 Å². The molecule has 1 N–H and O–H groups in total. The van der Waals surface area contributed by atoms with Crippen LogP contribution in [0.3, 0.4) is 0 Å². The molecular formula is C21H26N2O2S. The number of para-hydroxylation sites is 1. The summed E-state index contributed by atoms with van der Waals surface area (Å²) in [7, 11) is 0. The highest BCUT2D eigenvalue weighted by atomic mass is 32.2. The predicted molar refractivity (Wildman–Crippen MR) is 107 cm³/mol. The van der Waals surface area contributed by atoms with Gasteiger partial charge in [-0.05, 0) is 44.5 Å². The van der Waals surface area contributed by atoms with Crippen LogP contribution in [0, 0.1) is 13.8 Å². The van der Waals surface area contributed by atoms with Gasteiger partial charge in [-0.15, -0.1) is 0 Å². The van der Waals surface area contributed by atoms with Gasteiger partial charge in [0.15, 0.2) is 0 Å². The van der Waals surface area contributed by atoms with Crippen molar-refractivity contribution in [3.63, 3.8) is 0 Å². The number of nitrogens with one attached hydrogen (secondary N) is 1. The third-order valence-corrected chi connectivity index (χ3v) is 5.77. The number of esters is 1. The van der Waals surface area contributed by atoms with E-state index in [2.05, 4.69) is 60.5 Å². The summed E-state index contributed by atoms with van der Waals surface area (Å²) in [5.41, 5.74) is 3.63. The zero-order chi connectivity index (χ0) is 18.5. The molecule has 0 radical (unpaired) electrons. The molecule has 0 bridgehead atoms. The first-order chi connectivity index (χ1) is 12.6. The lowest BCUT2D eigenvalue weighted by Gasteiger charge is -2.37. The number of aryl methyl sites for hydroxylation is 2. The van der Waals surface area contributed by atoms with Gasteiger partial charge >= 0.3 is 5.97 Å². The maximum atomic E-state index is 12.4. The minimum Gasteiger partial charge on any atom is -0.464 e. The van der Waals surface area contributed by atoms with Gasteiger partial charge in [0.25, 0.3) is 0 Å². The zero-order valence-corrected chi connectivity index (χ0v) is 16.4. The van der Waals surface area contributed by atoms with Gasteiger partial charge in [0.05, 0.1) is 12.3 Å². The maximum Gasteiger partial charge on any atom is 0.330 e. The molecule has 138 valence electrons. The first-order valence-electron chi connectivity index (χ1n) is 9.08. The Labute approximate surface area is 159 Å². The lowest BCUT2D eigenvalue weighted by molar-refractivity contribution is -0.144. The molecular weight excluding hydrogens is 344 g/mol. The lowest BCUT2D eigenvalue weighted by Crippen LogP contribution is -2.55. The van der Waals surface area contributed by atoms with Gasteiger partial charge in [0.1, 0.15) is 6.04 Å². The summed E-state index contributed by atoms with van der Waals surface area (Å²) in [6.45, 7) is 8.77. The van der Waals surface area contributed by atoms with Crippen molar-refractivity contribution in [2.75, 3.05) is 31.1 Å². The van der Waals surface area contributed by atoms with Crippen LogP contribution in [-0.4, -0.2) is 38.3 Å². The topological polar surface area (TPSA) is 41.6 Å². The van der Waals surface area contributed by atoms with Crippen molar-refractivity contribution in [3.05, 3.63) is 53.6 Å². The third kappa shape index (κ3) is 4.22. The van der Waals surface area contributed by atoms with Crippen molar-refractivity contribution in [2.45, 2.75) is 36.6 Å². The third-order valence-electron chi connectivity index (χ3n) is 4.53. The molecule has 1 aliphatic rings. The fourth-order valence-corrected chi connectivity index (χ4v) is 4.28. The van der Waals surface area contributed by atoms with Crippen LogP contribution in [0.25, 0.3) is 0 Å². The van der Waals surface area contributed by atoms with E-state index >= 15 is 0 Å². The predicted octanol–water partition coefficient (Wildman–Crippen LogP) is 3.80. The number of nitrogens with zero attached hydrogens (tertiary/aromatic N) is 1. The summed E-state index contributed by atoms with van der Waals surface area (Å²) in [6.07, 6.45) is 0. The van der Waals surface area contributed by atoms with Gasteiger partial charge in [0.2, 0.25) is 0 Å². The molecule has 1 atom stereocenters. The van der Waals surface area contributed by atoms with E-state index in [1.54, 1.807) is 11.8 Å². The standard InChI is InChI=1S/C21H26N2O2S/c1-4-25-21(24)18-14-22-11-12-23(18)17-7-5-6-8-20(17)26-19-10-9-15(2)13-16(19)3/h5-10,13,18,22H,4,11-12,14H2,1-3H3. The van der Waals surface area contributed by atoms with Gasteiger partial charge in [0, 0.05) is 29.4 Å². The van der Waals surface area contributed by atoms with Crippen molar-refractivity contribution in [2.24, 2.45) is 0 Å². The highest BCUT2D eigenvalue weighted by Crippen LogP contribution is 2.38. The van der Waals surface area contributed by atoms with Gasteiger partial charge in [-0.3, -0.25) is 0 Å². The minimum absolute atomic E-state index is 0.161. The number of ether oxygens (including phenoxy) is 1. The Balaban J connectivity index is 1.91. The van der Waals surface area contributed by atoms with E-state index in [4.69, 9.17) is 4.74 Å². The molecule has 4 nitrogen and oxygen atoms in total. The van der Waals surface area contributed by atoms with Gasteiger partial charge in [-0.1, -0.05) is 41.6 Å². The number of piperazine rings is 1. The average molecular weight is 371 g/mol. The minimum atomic E-state index is -0.287. The van der Waals surface area contributed by atoms with Crippen LogP contribution < -0.4 is 10.2 Å². The van der Waals surface area contributed by atoms with E-state index in [1.165, 1.54) is 16.0 Å². The molecule has 1 aliphatic heterocycles. The molecule has 1 heterocycles. The Morgan fingerprint density at radius 3 is 2.81 bits per heavy atom. The van der Waals surface area contributed by atoms with Gasteiger partial charge in [-0.25, -0.2) is 4.79 Å². The molecule has 0 spiro atoms. The largest absolute Gasteiger partial charge is 0.464 e. The Bertz CT molecular complexity index is 778. The fourth-order valence-electron chi connectivity index (χ4n) is 3.25. The van der Waals surface area contributed by atoms with Crippen LogP contribution in [0.4, 0.5) is 5.69 Å². The molecule has 0 aromatic heterocycles. The van der Waals surface area contributed by atoms with Gasteiger partial charge in [-0.2, -0.15) is 0 Å². The monoisotopic (exact) mass is 370 g/mol. The second-order valence-electron chi connectivity index (χ2n) is 6.50. The molecule has 2 aromatic rings. The summed E-state index contributed by atoms with van der Waals surface area (Å²) < 4.78 is 5.30. The first kappa shape index (κ1) is 18.8. The molecule has 26 heavy (non-hydrogen) atoms. The summed E-state index contributed by atoms with van der Waals surface area (Å²) in [4.78, 5) is 17.0. The zero-order valence-electron chi connectivity index (χ0n) is 15.6. The quantitative estimate of drug-likeness (QED) is 0.811. The lowest BCUT2D eigenvalue weighted by atomic mass is 10.1. The summed E-state index contributed by atoms with van der Waals surface area (Å²) in [5, 5.41) is 3.31. The van der Waals surface area contributed by atoms with Crippen LogP contribution >= 0.6 is 11.8 Å². The van der Waals surface area contributed by atoms with Crippen LogP contribution in [0.15, 0.2) is 52.3 Å². The molecule has 1 saturated heterocycles. The van der Waals surface area contributed by atoms with E-state index < -0.39 is 0 Å². The number of carbonyl (C=O) groups excluding carboxylic acids is 1. The summed E-state index contributed by atoms with van der Waals surface area (Å²) in [6, 6.07) is 14.5. The van der Waals surface area contributed by atoms with Crippen LogP contribution in [-0.2, 0) is 9.53 Å². The van der Waals surface area contributed by atoms with Gasteiger partial charge < -0.3 is 15.0 Å². The number of carbonyl (C=O) groups is 1. The van der Waals surface area contributed by atoms with Crippen LogP contribution in [0.5, 0.6) is 0 Å². The van der Waals surface area contributed by atoms with E-state index in [1.807, 2.05) is 13.0 Å². The smallest absolute Gasteiger partial charge is 0.330 e. The molecule has 2 aromatic carbocycles. The second-order valence-corrected chi connectivity index (χ2v) is 7.59. The summed E-state index contributed by atoms with van der Waals surface area (Å²) >= 11 is 1.76. The highest BCUT2D eigenvalue weighted by Gasteiger charge is 2.31. The molecule has 3 rings (SSSR count). The Kier molecular flexibility index (Phi) is 6.22. The average Bonchev–Trinajstić information content (AvgIpc) is 2.65. The van der Waals surface area contributed by atoms with E-state index in [0.717, 1.165) is 23.7 Å². The Morgan fingerprint density at radius 1 is 1.23 bits per heavy atom. The number of hydrogen-bond acceptors (Lipinski definition) is 5. The van der Waals surface area contributed by atoms with Crippen molar-refractivity contribution in [3.8, 4) is 0 Å². The van der Waals surface area contributed by atoms with Crippen molar-refractivity contribution in [1.29, 1.82) is 0 Å². The van der Waals surface area contributed by atoms with Crippen molar-refractivity contribution >= 4 is 23.4 Å². The summed E-state index contributed by atoms with van der Waals surface area (Å²) in [5.74, 6) is -0.161. The van der Waals surface area contributed by atoms with E-state index in [0.29, 0.717) is 13.2 Å². The van der Waals surface area contributed by atoms with Crippen LogP contribution in [0.2, 0.25) is 0 Å². The molecule has 0 amide bonds. The van der Waals surface area contributed by atoms with Crippen LogP contribution in [0.1, 0.15) is 18.1 Å². The van der Waals surface area contributed by atoms with Crippen molar-refractivity contribution < 1.29 is 9.53 Å². The number of hydrogen-bond donors (Lipinski definition) is 1. The maximum absolute atomic E-state index is 12.4. The first-order valence-corrected chi connectivity index (χ1v) is 9.90. The van der Waals surface area contributed by atoms with Crippen molar-refractivity contribution in [1.82, 2.24) is 5.32 Å². The second kappa shape index (κ2) is 8.60. The SMILES string of the molecule is CCOC(=O)C1CNCCN1c1ccccc1Sc1ccc(C)cc1C. The molecule has 0 aliphatic carbocycles. The van der Waals surface area contributed by atoms with E-state index in [-0.39, 0.29) is 12.0 Å². The Hall–Kier alpha value is -1.98.